The summed E-state index contributed by atoms with van der Waals surface area (Å²) in [7, 11) is 0. The van der Waals surface area contributed by atoms with Crippen molar-refractivity contribution < 1.29 is 9.53 Å². The van der Waals surface area contributed by atoms with E-state index >= 15 is 0 Å². The summed E-state index contributed by atoms with van der Waals surface area (Å²) in [6.07, 6.45) is 7.27. The van der Waals surface area contributed by atoms with E-state index in [0.29, 0.717) is 6.42 Å². The van der Waals surface area contributed by atoms with Crippen molar-refractivity contribution in [2.24, 2.45) is 0 Å². The molecule has 1 aliphatic rings. The number of benzene rings is 1. The molecular formula is C21H26N2O2. The van der Waals surface area contributed by atoms with Gasteiger partial charge in [-0.2, -0.15) is 0 Å². The normalized spacial score (nSPS) is 18.1. The first-order valence-electron chi connectivity index (χ1n) is 9.01. The maximum Gasteiger partial charge on any atom is 0.220 e. The summed E-state index contributed by atoms with van der Waals surface area (Å²) in [5.41, 5.74) is 4.48. The standard InChI is InChI=1S/C21H26N2O2/c1-15-11-16(2)13-18(12-15)21(17-5-3-9-22-14-17)23-20(24)8-7-19-6-4-10-25-19/h3,5,9,11-14,19,21H,4,6-8,10H2,1-2H3,(H,23,24)/t19-,21-/m1/s1. The molecule has 132 valence electrons. The number of pyridine rings is 1. The molecule has 1 amide bonds. The van der Waals surface area contributed by atoms with Crippen LogP contribution >= 0.6 is 0 Å². The van der Waals surface area contributed by atoms with Crippen LogP contribution in [-0.4, -0.2) is 23.6 Å². The molecule has 4 heteroatoms. The van der Waals surface area contributed by atoms with Crippen molar-refractivity contribution in [3.8, 4) is 0 Å². The summed E-state index contributed by atoms with van der Waals surface area (Å²) >= 11 is 0. The molecule has 1 aromatic carbocycles. The second-order valence-electron chi connectivity index (χ2n) is 6.88. The van der Waals surface area contributed by atoms with Crippen LogP contribution in [0, 0.1) is 13.8 Å². The van der Waals surface area contributed by atoms with Gasteiger partial charge >= 0.3 is 0 Å². The third kappa shape index (κ3) is 4.89. The summed E-state index contributed by atoms with van der Waals surface area (Å²) in [6.45, 7) is 4.99. The Morgan fingerprint density at radius 3 is 2.72 bits per heavy atom. The van der Waals surface area contributed by atoms with Gasteiger partial charge in [0, 0.05) is 25.4 Å². The molecular weight excluding hydrogens is 312 g/mol. The maximum atomic E-state index is 12.5. The van der Waals surface area contributed by atoms with Crippen molar-refractivity contribution in [1.29, 1.82) is 0 Å². The molecule has 1 fully saturated rings. The zero-order valence-corrected chi connectivity index (χ0v) is 15.0. The monoisotopic (exact) mass is 338 g/mol. The molecule has 0 radical (unpaired) electrons. The Balaban J connectivity index is 1.75. The number of carbonyl (C=O) groups is 1. The van der Waals surface area contributed by atoms with E-state index in [4.69, 9.17) is 4.74 Å². The number of carbonyl (C=O) groups excluding carboxylic acids is 1. The Bertz CT molecular complexity index is 689. The van der Waals surface area contributed by atoms with Crippen LogP contribution in [0.3, 0.4) is 0 Å². The molecule has 2 atom stereocenters. The lowest BCUT2D eigenvalue weighted by molar-refractivity contribution is -0.122. The molecule has 1 aromatic heterocycles. The topological polar surface area (TPSA) is 51.2 Å². The van der Waals surface area contributed by atoms with Crippen LogP contribution in [0.15, 0.2) is 42.7 Å². The molecule has 2 heterocycles. The van der Waals surface area contributed by atoms with Crippen LogP contribution in [0.5, 0.6) is 0 Å². The van der Waals surface area contributed by atoms with Gasteiger partial charge in [-0.1, -0.05) is 35.4 Å². The van der Waals surface area contributed by atoms with E-state index in [1.807, 2.05) is 18.3 Å². The number of aromatic nitrogens is 1. The Hall–Kier alpha value is -2.20. The van der Waals surface area contributed by atoms with Gasteiger partial charge in [0.05, 0.1) is 12.1 Å². The zero-order chi connectivity index (χ0) is 17.6. The number of hydrogen-bond acceptors (Lipinski definition) is 3. The van der Waals surface area contributed by atoms with Crippen LogP contribution < -0.4 is 5.32 Å². The van der Waals surface area contributed by atoms with Gasteiger partial charge in [-0.3, -0.25) is 9.78 Å². The first-order valence-corrected chi connectivity index (χ1v) is 9.01. The highest BCUT2D eigenvalue weighted by Crippen LogP contribution is 2.24. The molecule has 0 unspecified atom stereocenters. The van der Waals surface area contributed by atoms with Gasteiger partial charge in [0.1, 0.15) is 0 Å². The van der Waals surface area contributed by atoms with Gasteiger partial charge in [0.25, 0.3) is 0 Å². The number of aryl methyl sites for hydroxylation is 2. The van der Waals surface area contributed by atoms with Crippen LogP contribution in [0.25, 0.3) is 0 Å². The minimum Gasteiger partial charge on any atom is -0.378 e. The lowest BCUT2D eigenvalue weighted by atomic mass is 9.96. The predicted molar refractivity (Wildman–Crippen MR) is 98.3 cm³/mol. The Morgan fingerprint density at radius 2 is 2.08 bits per heavy atom. The fourth-order valence-corrected chi connectivity index (χ4v) is 3.48. The third-order valence-electron chi connectivity index (χ3n) is 4.62. The quantitative estimate of drug-likeness (QED) is 0.870. The van der Waals surface area contributed by atoms with Gasteiger partial charge in [0.2, 0.25) is 5.91 Å². The highest BCUT2D eigenvalue weighted by atomic mass is 16.5. The zero-order valence-electron chi connectivity index (χ0n) is 15.0. The van der Waals surface area contributed by atoms with Crippen molar-refractivity contribution in [1.82, 2.24) is 10.3 Å². The summed E-state index contributed by atoms with van der Waals surface area (Å²) in [6, 6.07) is 10.1. The van der Waals surface area contributed by atoms with Crippen LogP contribution in [0.2, 0.25) is 0 Å². The average molecular weight is 338 g/mol. The lowest BCUT2D eigenvalue weighted by Crippen LogP contribution is -2.30. The van der Waals surface area contributed by atoms with Crippen molar-refractivity contribution >= 4 is 5.91 Å². The van der Waals surface area contributed by atoms with E-state index in [1.165, 1.54) is 11.1 Å². The average Bonchev–Trinajstić information content (AvgIpc) is 3.11. The van der Waals surface area contributed by atoms with Crippen molar-refractivity contribution in [2.75, 3.05) is 6.61 Å². The van der Waals surface area contributed by atoms with Crippen LogP contribution in [0.4, 0.5) is 0 Å². The van der Waals surface area contributed by atoms with Crippen LogP contribution in [-0.2, 0) is 9.53 Å². The Morgan fingerprint density at radius 1 is 1.28 bits per heavy atom. The summed E-state index contributed by atoms with van der Waals surface area (Å²) < 4.78 is 5.62. The highest BCUT2D eigenvalue weighted by Gasteiger charge is 2.20. The first kappa shape index (κ1) is 17.6. The smallest absolute Gasteiger partial charge is 0.220 e. The molecule has 3 rings (SSSR count). The molecule has 2 aromatic rings. The number of ether oxygens (including phenoxy) is 1. The molecule has 0 saturated carbocycles. The summed E-state index contributed by atoms with van der Waals surface area (Å²) in [4.78, 5) is 16.8. The molecule has 1 aliphatic heterocycles. The highest BCUT2D eigenvalue weighted by molar-refractivity contribution is 5.77. The number of amides is 1. The number of rotatable bonds is 6. The summed E-state index contributed by atoms with van der Waals surface area (Å²) in [5, 5.41) is 3.19. The van der Waals surface area contributed by atoms with Crippen LogP contribution in [0.1, 0.15) is 54.0 Å². The maximum absolute atomic E-state index is 12.5. The van der Waals surface area contributed by atoms with Crippen molar-refractivity contribution in [3.05, 3.63) is 65.0 Å². The fraction of sp³-hybridized carbons (Fsp3) is 0.429. The lowest BCUT2D eigenvalue weighted by Gasteiger charge is -2.21. The number of hydrogen-bond donors (Lipinski definition) is 1. The molecule has 1 N–H and O–H groups in total. The van der Waals surface area contributed by atoms with E-state index in [9.17, 15) is 4.79 Å². The summed E-state index contributed by atoms with van der Waals surface area (Å²) in [5.74, 6) is 0.0588. The van der Waals surface area contributed by atoms with Gasteiger partial charge in [-0.25, -0.2) is 0 Å². The van der Waals surface area contributed by atoms with Crippen molar-refractivity contribution in [3.63, 3.8) is 0 Å². The van der Waals surface area contributed by atoms with E-state index in [2.05, 4.69) is 42.3 Å². The Labute approximate surface area is 149 Å². The third-order valence-corrected chi connectivity index (χ3v) is 4.62. The van der Waals surface area contributed by atoms with Gasteiger partial charge in [-0.15, -0.1) is 0 Å². The molecule has 0 aliphatic carbocycles. The molecule has 0 spiro atoms. The molecule has 1 saturated heterocycles. The van der Waals surface area contributed by atoms with Crippen molar-refractivity contribution in [2.45, 2.75) is 51.7 Å². The minimum atomic E-state index is -0.177. The largest absolute Gasteiger partial charge is 0.378 e. The first-order chi connectivity index (χ1) is 12.1. The second kappa shape index (κ2) is 8.26. The van der Waals surface area contributed by atoms with Gasteiger partial charge < -0.3 is 10.1 Å². The van der Waals surface area contributed by atoms with Gasteiger partial charge in [-0.05, 0) is 50.3 Å². The fourth-order valence-electron chi connectivity index (χ4n) is 3.48. The SMILES string of the molecule is Cc1cc(C)cc([C@H](NC(=O)CC[C@H]2CCCO2)c2cccnc2)c1. The molecule has 0 bridgehead atoms. The molecule has 4 nitrogen and oxygen atoms in total. The van der Waals surface area contributed by atoms with E-state index in [1.54, 1.807) is 6.20 Å². The predicted octanol–water partition coefficient (Wildman–Crippen LogP) is 3.86. The van der Waals surface area contributed by atoms with E-state index < -0.39 is 0 Å². The van der Waals surface area contributed by atoms with Gasteiger partial charge in [0.15, 0.2) is 0 Å². The Kier molecular flexibility index (Phi) is 5.82. The van der Waals surface area contributed by atoms with E-state index in [0.717, 1.165) is 37.0 Å². The number of nitrogens with zero attached hydrogens (tertiary/aromatic N) is 1. The van der Waals surface area contributed by atoms with E-state index in [-0.39, 0.29) is 18.1 Å². The number of nitrogens with one attached hydrogen (secondary N) is 1. The second-order valence-corrected chi connectivity index (χ2v) is 6.88. The molecule has 25 heavy (non-hydrogen) atoms. The minimum absolute atomic E-state index is 0.0588.